The first-order chi connectivity index (χ1) is 11.1. The Morgan fingerprint density at radius 3 is 2.61 bits per heavy atom. The predicted octanol–water partition coefficient (Wildman–Crippen LogP) is 0.788. The first kappa shape index (κ1) is 15.7. The lowest BCUT2D eigenvalue weighted by Crippen LogP contribution is -2.50. The Labute approximate surface area is 135 Å². The van der Waals surface area contributed by atoms with Crippen molar-refractivity contribution in [3.63, 3.8) is 0 Å². The predicted molar refractivity (Wildman–Crippen MR) is 82.6 cm³/mol. The summed E-state index contributed by atoms with van der Waals surface area (Å²) in [4.78, 5) is 20.7. The Morgan fingerprint density at radius 1 is 1.30 bits per heavy atom. The van der Waals surface area contributed by atoms with Crippen LogP contribution in [0.2, 0.25) is 0 Å². The van der Waals surface area contributed by atoms with Gasteiger partial charge in [0.1, 0.15) is 24.5 Å². The SMILES string of the molecule is Cc1noc(C)c1CN1CCN(C(=O)[C@@H](C)n2cncn2)CC1. The lowest BCUT2D eigenvalue weighted by Gasteiger charge is -2.35. The molecule has 1 amide bonds. The number of aryl methyl sites for hydroxylation is 2. The summed E-state index contributed by atoms with van der Waals surface area (Å²) >= 11 is 0. The number of nitrogens with zero attached hydrogens (tertiary/aromatic N) is 6. The number of hydrogen-bond donors (Lipinski definition) is 0. The third-order valence-corrected chi connectivity index (χ3v) is 4.44. The second-order valence-electron chi connectivity index (χ2n) is 5.96. The molecule has 3 heterocycles. The molecule has 0 saturated carbocycles. The number of rotatable bonds is 4. The lowest BCUT2D eigenvalue weighted by molar-refractivity contribution is -0.136. The zero-order valence-electron chi connectivity index (χ0n) is 13.8. The lowest BCUT2D eigenvalue weighted by atomic mass is 10.1. The molecule has 0 radical (unpaired) electrons. The van der Waals surface area contributed by atoms with E-state index in [1.54, 1.807) is 11.0 Å². The molecule has 0 spiro atoms. The highest BCUT2D eigenvalue weighted by atomic mass is 16.5. The summed E-state index contributed by atoms with van der Waals surface area (Å²) in [5, 5.41) is 8.04. The molecule has 0 aromatic carbocycles. The van der Waals surface area contributed by atoms with E-state index in [4.69, 9.17) is 4.52 Å². The molecule has 0 unspecified atom stereocenters. The van der Waals surface area contributed by atoms with E-state index in [0.29, 0.717) is 0 Å². The number of hydrogen-bond acceptors (Lipinski definition) is 6. The zero-order chi connectivity index (χ0) is 16.4. The van der Waals surface area contributed by atoms with Gasteiger partial charge in [-0.2, -0.15) is 5.10 Å². The summed E-state index contributed by atoms with van der Waals surface area (Å²) < 4.78 is 6.81. The third kappa shape index (κ3) is 3.26. The Bertz CT molecular complexity index is 638. The van der Waals surface area contributed by atoms with E-state index in [-0.39, 0.29) is 11.9 Å². The minimum absolute atomic E-state index is 0.0903. The molecule has 1 aliphatic heterocycles. The van der Waals surface area contributed by atoms with Crippen molar-refractivity contribution < 1.29 is 9.32 Å². The van der Waals surface area contributed by atoms with Crippen LogP contribution in [-0.2, 0) is 11.3 Å². The number of carbonyl (C=O) groups is 1. The molecule has 2 aromatic rings. The highest BCUT2D eigenvalue weighted by Gasteiger charge is 2.26. The van der Waals surface area contributed by atoms with Crippen LogP contribution in [0.25, 0.3) is 0 Å². The van der Waals surface area contributed by atoms with Crippen molar-refractivity contribution in [3.05, 3.63) is 29.7 Å². The van der Waals surface area contributed by atoms with Gasteiger partial charge < -0.3 is 9.42 Å². The van der Waals surface area contributed by atoms with Crippen LogP contribution in [0.15, 0.2) is 17.2 Å². The van der Waals surface area contributed by atoms with Crippen molar-refractivity contribution in [2.45, 2.75) is 33.4 Å². The van der Waals surface area contributed by atoms with E-state index in [2.05, 4.69) is 20.1 Å². The first-order valence-electron chi connectivity index (χ1n) is 7.83. The van der Waals surface area contributed by atoms with E-state index in [1.807, 2.05) is 25.7 Å². The maximum atomic E-state index is 12.5. The van der Waals surface area contributed by atoms with Gasteiger partial charge in [-0.15, -0.1) is 0 Å². The number of piperazine rings is 1. The van der Waals surface area contributed by atoms with E-state index in [1.165, 1.54) is 6.33 Å². The average Bonchev–Trinajstić information content (AvgIpc) is 3.20. The Morgan fingerprint density at radius 2 is 2.04 bits per heavy atom. The van der Waals surface area contributed by atoms with Crippen LogP contribution in [0.4, 0.5) is 0 Å². The Hall–Kier alpha value is -2.22. The largest absolute Gasteiger partial charge is 0.361 e. The summed E-state index contributed by atoms with van der Waals surface area (Å²) in [6, 6.07) is -0.313. The molecule has 8 heteroatoms. The average molecular weight is 318 g/mol. The van der Waals surface area contributed by atoms with Crippen molar-refractivity contribution >= 4 is 5.91 Å². The normalized spacial score (nSPS) is 17.4. The maximum Gasteiger partial charge on any atom is 0.247 e. The highest BCUT2D eigenvalue weighted by molar-refractivity contribution is 5.80. The van der Waals surface area contributed by atoms with Gasteiger partial charge in [0.05, 0.1) is 5.69 Å². The van der Waals surface area contributed by atoms with Gasteiger partial charge in [-0.1, -0.05) is 5.16 Å². The highest BCUT2D eigenvalue weighted by Crippen LogP contribution is 2.17. The van der Waals surface area contributed by atoms with E-state index < -0.39 is 0 Å². The van der Waals surface area contributed by atoms with Crippen molar-refractivity contribution in [1.82, 2.24) is 29.7 Å². The smallest absolute Gasteiger partial charge is 0.247 e. The first-order valence-corrected chi connectivity index (χ1v) is 7.83. The second kappa shape index (κ2) is 6.49. The fourth-order valence-corrected chi connectivity index (χ4v) is 2.87. The Kier molecular flexibility index (Phi) is 4.42. The van der Waals surface area contributed by atoms with Crippen LogP contribution < -0.4 is 0 Å². The van der Waals surface area contributed by atoms with Gasteiger partial charge in [0.25, 0.3) is 0 Å². The molecule has 8 nitrogen and oxygen atoms in total. The molecule has 124 valence electrons. The fraction of sp³-hybridized carbons (Fsp3) is 0.600. The molecule has 0 aliphatic carbocycles. The van der Waals surface area contributed by atoms with Crippen LogP contribution in [-0.4, -0.2) is 61.8 Å². The summed E-state index contributed by atoms with van der Waals surface area (Å²) in [6.45, 7) is 9.72. The molecular formula is C15H22N6O2. The monoisotopic (exact) mass is 318 g/mol. The zero-order valence-corrected chi connectivity index (χ0v) is 13.8. The number of amides is 1. The van der Waals surface area contributed by atoms with Crippen LogP contribution in [0.3, 0.4) is 0 Å². The summed E-state index contributed by atoms with van der Waals surface area (Å²) in [5.74, 6) is 0.966. The van der Waals surface area contributed by atoms with E-state index in [0.717, 1.165) is 49.7 Å². The molecule has 0 N–H and O–H groups in total. The van der Waals surface area contributed by atoms with Gasteiger partial charge >= 0.3 is 0 Å². The quantitative estimate of drug-likeness (QED) is 0.829. The summed E-state index contributed by atoms with van der Waals surface area (Å²) in [5.41, 5.74) is 2.10. The number of carbonyl (C=O) groups excluding carboxylic acids is 1. The molecule has 1 fully saturated rings. The molecule has 3 rings (SSSR count). The van der Waals surface area contributed by atoms with Crippen molar-refractivity contribution in [1.29, 1.82) is 0 Å². The van der Waals surface area contributed by atoms with Gasteiger partial charge in [-0.25, -0.2) is 9.67 Å². The standard InChI is InChI=1S/C15H22N6O2/c1-11-14(13(3)23-18-11)8-19-4-6-20(7-5-19)15(22)12(2)21-10-16-9-17-21/h9-10,12H,4-8H2,1-3H3/t12-/m1/s1. The van der Waals surface area contributed by atoms with Crippen molar-refractivity contribution in [2.24, 2.45) is 0 Å². The van der Waals surface area contributed by atoms with Gasteiger partial charge in [0, 0.05) is 38.3 Å². The minimum atomic E-state index is -0.313. The molecule has 2 aromatic heterocycles. The van der Waals surface area contributed by atoms with Crippen LogP contribution >= 0.6 is 0 Å². The Balaban J connectivity index is 1.55. The van der Waals surface area contributed by atoms with Crippen molar-refractivity contribution in [3.8, 4) is 0 Å². The van der Waals surface area contributed by atoms with Gasteiger partial charge in [-0.05, 0) is 20.8 Å². The molecule has 1 atom stereocenters. The van der Waals surface area contributed by atoms with E-state index in [9.17, 15) is 4.79 Å². The molecular weight excluding hydrogens is 296 g/mol. The van der Waals surface area contributed by atoms with Gasteiger partial charge in [0.2, 0.25) is 5.91 Å². The minimum Gasteiger partial charge on any atom is -0.361 e. The summed E-state index contributed by atoms with van der Waals surface area (Å²) in [6.07, 6.45) is 3.03. The molecule has 0 bridgehead atoms. The van der Waals surface area contributed by atoms with Crippen LogP contribution in [0.5, 0.6) is 0 Å². The fourth-order valence-electron chi connectivity index (χ4n) is 2.87. The number of aromatic nitrogens is 4. The van der Waals surface area contributed by atoms with Crippen LogP contribution in [0.1, 0.15) is 30.0 Å². The maximum absolute atomic E-state index is 12.5. The topological polar surface area (TPSA) is 80.3 Å². The summed E-state index contributed by atoms with van der Waals surface area (Å²) in [7, 11) is 0. The molecule has 23 heavy (non-hydrogen) atoms. The van der Waals surface area contributed by atoms with E-state index >= 15 is 0 Å². The molecule has 1 aliphatic rings. The van der Waals surface area contributed by atoms with Crippen LogP contribution in [0, 0.1) is 13.8 Å². The third-order valence-electron chi connectivity index (χ3n) is 4.44. The van der Waals surface area contributed by atoms with Gasteiger partial charge in [0.15, 0.2) is 0 Å². The van der Waals surface area contributed by atoms with Gasteiger partial charge in [-0.3, -0.25) is 9.69 Å². The second-order valence-corrected chi connectivity index (χ2v) is 5.96. The van der Waals surface area contributed by atoms with Crippen molar-refractivity contribution in [2.75, 3.05) is 26.2 Å². The molecule has 1 saturated heterocycles.